The minimum Gasteiger partial charge on any atom is -0.339 e. The van der Waals surface area contributed by atoms with Gasteiger partial charge in [-0.2, -0.15) is 4.98 Å². The van der Waals surface area contributed by atoms with Crippen molar-refractivity contribution in [2.45, 2.75) is 57.4 Å². The highest BCUT2D eigenvalue weighted by atomic mass is 32.1. The van der Waals surface area contributed by atoms with Crippen LogP contribution in [0.4, 0.5) is 0 Å². The predicted molar refractivity (Wildman–Crippen MR) is 92.6 cm³/mol. The van der Waals surface area contributed by atoms with Crippen LogP contribution in [-0.2, 0) is 11.2 Å². The van der Waals surface area contributed by atoms with Gasteiger partial charge in [-0.15, -0.1) is 11.3 Å². The van der Waals surface area contributed by atoms with Crippen LogP contribution in [0.15, 0.2) is 22.0 Å². The van der Waals surface area contributed by atoms with Gasteiger partial charge in [-0.1, -0.05) is 24.1 Å². The van der Waals surface area contributed by atoms with Crippen LogP contribution in [0.5, 0.6) is 0 Å². The third kappa shape index (κ3) is 3.24. The van der Waals surface area contributed by atoms with Gasteiger partial charge in [0.25, 0.3) is 0 Å². The van der Waals surface area contributed by atoms with E-state index in [0.29, 0.717) is 30.6 Å². The standard InChI is InChI=1S/C18H23N3O2S/c22-17(21-11-3-7-14(21)13-5-1-2-6-13)10-9-16-19-18(20-23-16)15-8-4-12-24-15/h4,8,12-14H,1-3,5-7,9-11H2/t14-/m0/s1. The average molecular weight is 345 g/mol. The minimum atomic E-state index is 0.250. The summed E-state index contributed by atoms with van der Waals surface area (Å²) in [7, 11) is 0. The number of likely N-dealkylation sites (tertiary alicyclic amines) is 1. The molecule has 1 saturated carbocycles. The van der Waals surface area contributed by atoms with Gasteiger partial charge in [-0.25, -0.2) is 0 Å². The Hall–Kier alpha value is -1.69. The fraction of sp³-hybridized carbons (Fsp3) is 0.611. The van der Waals surface area contributed by atoms with Gasteiger partial charge in [0.05, 0.1) is 4.88 Å². The van der Waals surface area contributed by atoms with Crippen LogP contribution < -0.4 is 0 Å². The van der Waals surface area contributed by atoms with Crippen LogP contribution in [0.2, 0.25) is 0 Å². The molecular formula is C18H23N3O2S. The fourth-order valence-corrected chi connectivity index (χ4v) is 4.80. The van der Waals surface area contributed by atoms with Crippen LogP contribution in [-0.4, -0.2) is 33.5 Å². The number of hydrogen-bond acceptors (Lipinski definition) is 5. The van der Waals surface area contributed by atoms with Crippen molar-refractivity contribution < 1.29 is 9.32 Å². The lowest BCUT2D eigenvalue weighted by atomic mass is 9.96. The van der Waals surface area contributed by atoms with E-state index in [9.17, 15) is 4.79 Å². The van der Waals surface area contributed by atoms with Crippen molar-refractivity contribution >= 4 is 17.2 Å². The number of aromatic nitrogens is 2. The first-order valence-electron chi connectivity index (χ1n) is 8.97. The molecule has 6 heteroatoms. The number of thiophene rings is 1. The van der Waals surface area contributed by atoms with Gasteiger partial charge in [0.2, 0.25) is 17.6 Å². The van der Waals surface area contributed by atoms with Crippen molar-refractivity contribution in [1.82, 2.24) is 15.0 Å². The molecule has 1 aliphatic heterocycles. The second kappa shape index (κ2) is 7.05. The van der Waals surface area contributed by atoms with Crippen molar-refractivity contribution in [3.63, 3.8) is 0 Å². The Morgan fingerprint density at radius 1 is 1.29 bits per heavy atom. The predicted octanol–water partition coefficient (Wildman–Crippen LogP) is 3.91. The summed E-state index contributed by atoms with van der Waals surface area (Å²) in [5, 5.41) is 6.00. The normalized spacial score (nSPS) is 21.7. The summed E-state index contributed by atoms with van der Waals surface area (Å²) in [6, 6.07) is 4.42. The molecule has 0 radical (unpaired) electrons. The largest absolute Gasteiger partial charge is 0.339 e. The van der Waals surface area contributed by atoms with Crippen LogP contribution in [0.3, 0.4) is 0 Å². The number of aryl methyl sites for hydroxylation is 1. The van der Waals surface area contributed by atoms with E-state index in [1.54, 1.807) is 11.3 Å². The van der Waals surface area contributed by atoms with Crippen molar-refractivity contribution in [2.24, 2.45) is 5.92 Å². The van der Waals surface area contributed by atoms with Crippen molar-refractivity contribution in [1.29, 1.82) is 0 Å². The van der Waals surface area contributed by atoms with E-state index >= 15 is 0 Å². The lowest BCUT2D eigenvalue weighted by molar-refractivity contribution is -0.133. The van der Waals surface area contributed by atoms with E-state index in [2.05, 4.69) is 15.0 Å². The molecule has 5 nitrogen and oxygen atoms in total. The van der Waals surface area contributed by atoms with Crippen LogP contribution in [0.1, 0.15) is 50.8 Å². The molecule has 0 spiro atoms. The van der Waals surface area contributed by atoms with Crippen LogP contribution >= 0.6 is 11.3 Å². The first-order chi connectivity index (χ1) is 11.8. The molecule has 1 atom stereocenters. The molecular weight excluding hydrogens is 322 g/mol. The van der Waals surface area contributed by atoms with E-state index in [-0.39, 0.29) is 5.91 Å². The zero-order valence-corrected chi connectivity index (χ0v) is 14.6. The number of carbonyl (C=O) groups excluding carboxylic acids is 1. The van der Waals surface area contributed by atoms with Gasteiger partial charge in [0.1, 0.15) is 0 Å². The van der Waals surface area contributed by atoms with Crippen LogP contribution in [0, 0.1) is 5.92 Å². The number of hydrogen-bond donors (Lipinski definition) is 0. The maximum atomic E-state index is 12.7. The number of carbonyl (C=O) groups is 1. The van der Waals surface area contributed by atoms with E-state index in [0.717, 1.165) is 23.8 Å². The Labute approximate surface area is 146 Å². The van der Waals surface area contributed by atoms with Gasteiger partial charge >= 0.3 is 0 Å². The van der Waals surface area contributed by atoms with E-state index < -0.39 is 0 Å². The Kier molecular flexibility index (Phi) is 4.65. The lowest BCUT2D eigenvalue weighted by Gasteiger charge is -2.29. The number of nitrogens with zero attached hydrogens (tertiary/aromatic N) is 3. The van der Waals surface area contributed by atoms with Gasteiger partial charge < -0.3 is 9.42 Å². The van der Waals surface area contributed by atoms with Crippen LogP contribution in [0.25, 0.3) is 10.7 Å². The Morgan fingerprint density at radius 3 is 2.96 bits per heavy atom. The minimum absolute atomic E-state index is 0.250. The Balaban J connectivity index is 1.34. The number of rotatable bonds is 5. The Bertz CT molecular complexity index is 676. The molecule has 1 amide bonds. The topological polar surface area (TPSA) is 59.2 Å². The summed E-state index contributed by atoms with van der Waals surface area (Å²) in [5.41, 5.74) is 0. The third-order valence-electron chi connectivity index (χ3n) is 5.33. The van der Waals surface area contributed by atoms with E-state index in [4.69, 9.17) is 4.52 Å². The smallest absolute Gasteiger partial charge is 0.227 e. The van der Waals surface area contributed by atoms with Gasteiger partial charge in [0, 0.05) is 25.4 Å². The van der Waals surface area contributed by atoms with Crippen molar-refractivity contribution in [3.8, 4) is 10.7 Å². The van der Waals surface area contributed by atoms with E-state index in [1.165, 1.54) is 32.1 Å². The summed E-state index contributed by atoms with van der Waals surface area (Å²) < 4.78 is 5.30. The summed E-state index contributed by atoms with van der Waals surface area (Å²) in [4.78, 5) is 20.2. The fourth-order valence-electron chi connectivity index (χ4n) is 4.15. The van der Waals surface area contributed by atoms with Gasteiger partial charge in [0.15, 0.2) is 0 Å². The molecule has 4 rings (SSSR count). The van der Waals surface area contributed by atoms with Crippen molar-refractivity contribution in [2.75, 3.05) is 6.54 Å². The number of amides is 1. The summed E-state index contributed by atoms with van der Waals surface area (Å²) in [6.07, 6.45) is 8.58. The molecule has 0 aromatic carbocycles. The molecule has 2 fully saturated rings. The molecule has 2 aromatic heterocycles. The summed E-state index contributed by atoms with van der Waals surface area (Å²) in [5.74, 6) is 2.16. The molecule has 2 aliphatic rings. The average Bonchev–Trinajstić information content (AvgIpc) is 3.40. The maximum absolute atomic E-state index is 12.7. The Morgan fingerprint density at radius 2 is 2.17 bits per heavy atom. The first-order valence-corrected chi connectivity index (χ1v) is 9.85. The molecule has 24 heavy (non-hydrogen) atoms. The quantitative estimate of drug-likeness (QED) is 0.824. The molecule has 0 N–H and O–H groups in total. The van der Waals surface area contributed by atoms with Gasteiger partial charge in [-0.05, 0) is 43.0 Å². The highest BCUT2D eigenvalue weighted by Crippen LogP contribution is 2.35. The first kappa shape index (κ1) is 15.8. The zero-order chi connectivity index (χ0) is 16.4. The highest BCUT2D eigenvalue weighted by Gasteiger charge is 2.35. The zero-order valence-electron chi connectivity index (χ0n) is 13.8. The van der Waals surface area contributed by atoms with Crippen molar-refractivity contribution in [3.05, 3.63) is 23.4 Å². The van der Waals surface area contributed by atoms with Gasteiger partial charge in [-0.3, -0.25) is 4.79 Å². The molecule has 128 valence electrons. The lowest BCUT2D eigenvalue weighted by Crippen LogP contribution is -2.39. The third-order valence-corrected chi connectivity index (χ3v) is 6.19. The second-order valence-electron chi connectivity index (χ2n) is 6.83. The molecule has 1 saturated heterocycles. The SMILES string of the molecule is O=C(CCc1nc(-c2cccs2)no1)N1CCC[C@H]1C1CCCC1. The summed E-state index contributed by atoms with van der Waals surface area (Å²) in [6.45, 7) is 0.921. The molecule has 3 heterocycles. The monoisotopic (exact) mass is 345 g/mol. The van der Waals surface area contributed by atoms with E-state index in [1.807, 2.05) is 17.5 Å². The molecule has 0 bridgehead atoms. The molecule has 2 aromatic rings. The molecule has 1 aliphatic carbocycles. The second-order valence-corrected chi connectivity index (χ2v) is 7.78. The maximum Gasteiger partial charge on any atom is 0.227 e. The molecule has 0 unspecified atom stereocenters. The summed E-state index contributed by atoms with van der Waals surface area (Å²) >= 11 is 1.59. The highest BCUT2D eigenvalue weighted by molar-refractivity contribution is 7.13.